The molecule has 0 N–H and O–H groups in total. The molecule has 82 valence electrons. The minimum atomic E-state index is 0.106. The number of thiophene rings is 1. The molecule has 1 aromatic rings. The zero-order chi connectivity index (χ0) is 11.1. The smallest absolute Gasteiger partial charge is 0.128 e. The minimum Gasteiger partial charge on any atom is -0.303 e. The number of rotatable bonds is 6. The summed E-state index contributed by atoms with van der Waals surface area (Å²) in [5.74, 6) is 0.106. The largest absolute Gasteiger partial charge is 0.303 e. The van der Waals surface area contributed by atoms with Crippen LogP contribution < -0.4 is 0 Å². The van der Waals surface area contributed by atoms with Crippen LogP contribution in [0.4, 0.5) is 0 Å². The standard InChI is InChI=1S/C13H18OS/c1-3-4-5-6-7-12(10-14)13-9-8-11(2)15-13/h3-4,8-10,12H,5-7H2,1-2H3. The highest BCUT2D eigenvalue weighted by molar-refractivity contribution is 7.12. The fourth-order valence-corrected chi connectivity index (χ4v) is 2.52. The Bertz CT molecular complexity index is 325. The first-order valence-corrected chi connectivity index (χ1v) is 6.22. The Morgan fingerprint density at radius 1 is 1.47 bits per heavy atom. The lowest BCUT2D eigenvalue weighted by Crippen LogP contribution is -1.97. The summed E-state index contributed by atoms with van der Waals surface area (Å²) in [5, 5.41) is 0. The summed E-state index contributed by atoms with van der Waals surface area (Å²) < 4.78 is 0. The van der Waals surface area contributed by atoms with E-state index in [4.69, 9.17) is 0 Å². The Morgan fingerprint density at radius 2 is 2.27 bits per heavy atom. The Labute approximate surface area is 95.8 Å². The number of carbonyl (C=O) groups excluding carboxylic acids is 1. The quantitative estimate of drug-likeness (QED) is 0.402. The Morgan fingerprint density at radius 3 is 2.80 bits per heavy atom. The van der Waals surface area contributed by atoms with Crippen molar-refractivity contribution in [3.8, 4) is 0 Å². The summed E-state index contributed by atoms with van der Waals surface area (Å²) in [7, 11) is 0. The maximum Gasteiger partial charge on any atom is 0.128 e. The van der Waals surface area contributed by atoms with Gasteiger partial charge in [0.15, 0.2) is 0 Å². The molecule has 0 aromatic carbocycles. The van der Waals surface area contributed by atoms with Crippen LogP contribution in [0.15, 0.2) is 24.3 Å². The van der Waals surface area contributed by atoms with Crippen LogP contribution in [-0.2, 0) is 4.79 Å². The van der Waals surface area contributed by atoms with Crippen molar-refractivity contribution in [1.82, 2.24) is 0 Å². The van der Waals surface area contributed by atoms with E-state index in [-0.39, 0.29) is 5.92 Å². The van der Waals surface area contributed by atoms with Crippen LogP contribution in [0.1, 0.15) is 41.9 Å². The van der Waals surface area contributed by atoms with E-state index in [1.165, 1.54) is 9.75 Å². The molecule has 1 heterocycles. The third kappa shape index (κ3) is 4.00. The topological polar surface area (TPSA) is 17.1 Å². The Balaban J connectivity index is 2.46. The molecule has 1 rings (SSSR count). The van der Waals surface area contributed by atoms with E-state index in [9.17, 15) is 4.79 Å². The summed E-state index contributed by atoms with van der Waals surface area (Å²) >= 11 is 1.73. The molecule has 0 saturated heterocycles. The molecule has 0 saturated carbocycles. The van der Waals surface area contributed by atoms with E-state index in [1.54, 1.807) is 11.3 Å². The van der Waals surface area contributed by atoms with Gasteiger partial charge in [0.25, 0.3) is 0 Å². The molecule has 1 unspecified atom stereocenters. The average Bonchev–Trinajstić information content (AvgIpc) is 2.65. The summed E-state index contributed by atoms with van der Waals surface area (Å²) in [6, 6.07) is 4.16. The molecule has 1 aromatic heterocycles. The van der Waals surface area contributed by atoms with Crippen molar-refractivity contribution in [2.24, 2.45) is 0 Å². The molecular formula is C13H18OS. The molecular weight excluding hydrogens is 204 g/mol. The van der Waals surface area contributed by atoms with Gasteiger partial charge in [0.05, 0.1) is 0 Å². The van der Waals surface area contributed by atoms with E-state index >= 15 is 0 Å². The van der Waals surface area contributed by atoms with E-state index < -0.39 is 0 Å². The van der Waals surface area contributed by atoms with Crippen molar-refractivity contribution in [3.05, 3.63) is 34.0 Å². The molecule has 0 spiro atoms. The van der Waals surface area contributed by atoms with Crippen LogP contribution >= 0.6 is 11.3 Å². The SMILES string of the molecule is CC=CCCCC(C=O)c1ccc(C)s1. The van der Waals surface area contributed by atoms with Crippen LogP contribution in [-0.4, -0.2) is 6.29 Å². The molecule has 0 aliphatic carbocycles. The predicted octanol–water partition coefficient (Wildman–Crippen LogP) is 4.09. The van der Waals surface area contributed by atoms with Crippen molar-refractivity contribution in [2.75, 3.05) is 0 Å². The van der Waals surface area contributed by atoms with Crippen LogP contribution in [0.5, 0.6) is 0 Å². The number of allylic oxidation sites excluding steroid dienone is 2. The van der Waals surface area contributed by atoms with Crippen LogP contribution in [0.2, 0.25) is 0 Å². The molecule has 0 bridgehead atoms. The second kappa shape index (κ2) is 6.57. The van der Waals surface area contributed by atoms with Crippen molar-refractivity contribution < 1.29 is 4.79 Å². The first-order valence-electron chi connectivity index (χ1n) is 5.40. The molecule has 1 atom stereocenters. The van der Waals surface area contributed by atoms with Gasteiger partial charge in [-0.05, 0) is 45.2 Å². The predicted molar refractivity (Wildman–Crippen MR) is 66.5 cm³/mol. The zero-order valence-electron chi connectivity index (χ0n) is 9.40. The van der Waals surface area contributed by atoms with E-state index in [0.717, 1.165) is 25.5 Å². The number of hydrogen-bond donors (Lipinski definition) is 0. The van der Waals surface area contributed by atoms with Crippen LogP contribution in [0, 0.1) is 6.92 Å². The lowest BCUT2D eigenvalue weighted by atomic mass is 10.0. The number of unbranched alkanes of at least 4 members (excludes halogenated alkanes) is 1. The highest BCUT2D eigenvalue weighted by Gasteiger charge is 2.11. The molecule has 0 amide bonds. The van der Waals surface area contributed by atoms with Gasteiger partial charge in [0, 0.05) is 15.7 Å². The van der Waals surface area contributed by atoms with E-state index in [0.29, 0.717) is 0 Å². The monoisotopic (exact) mass is 222 g/mol. The molecule has 2 heteroatoms. The van der Waals surface area contributed by atoms with Crippen molar-refractivity contribution in [3.63, 3.8) is 0 Å². The molecule has 15 heavy (non-hydrogen) atoms. The molecule has 0 aliphatic heterocycles. The van der Waals surface area contributed by atoms with Crippen molar-refractivity contribution in [2.45, 2.75) is 39.0 Å². The van der Waals surface area contributed by atoms with Gasteiger partial charge in [-0.2, -0.15) is 0 Å². The van der Waals surface area contributed by atoms with Gasteiger partial charge in [-0.1, -0.05) is 12.2 Å². The fraction of sp³-hybridized carbons (Fsp3) is 0.462. The first-order chi connectivity index (χ1) is 7.27. The fourth-order valence-electron chi connectivity index (χ4n) is 1.55. The van der Waals surface area contributed by atoms with E-state index in [1.807, 2.05) is 6.92 Å². The average molecular weight is 222 g/mol. The minimum absolute atomic E-state index is 0.106. The molecule has 0 fully saturated rings. The maximum atomic E-state index is 11.0. The van der Waals surface area contributed by atoms with E-state index in [2.05, 4.69) is 31.2 Å². The van der Waals surface area contributed by atoms with Gasteiger partial charge in [-0.15, -0.1) is 11.3 Å². The number of aldehydes is 1. The first kappa shape index (κ1) is 12.2. The van der Waals surface area contributed by atoms with Crippen molar-refractivity contribution in [1.29, 1.82) is 0 Å². The number of aryl methyl sites for hydroxylation is 1. The Hall–Kier alpha value is -0.890. The molecule has 0 radical (unpaired) electrons. The highest BCUT2D eigenvalue weighted by atomic mass is 32.1. The Kier molecular flexibility index (Phi) is 5.33. The maximum absolute atomic E-state index is 11.0. The van der Waals surface area contributed by atoms with Gasteiger partial charge in [-0.3, -0.25) is 0 Å². The molecule has 0 aliphatic rings. The number of hydrogen-bond acceptors (Lipinski definition) is 2. The summed E-state index contributed by atoms with van der Waals surface area (Å²) in [5.41, 5.74) is 0. The second-order valence-corrected chi connectivity index (χ2v) is 5.01. The summed E-state index contributed by atoms with van der Waals surface area (Å²) in [6.45, 7) is 4.11. The van der Waals surface area contributed by atoms with Gasteiger partial charge >= 0.3 is 0 Å². The van der Waals surface area contributed by atoms with Gasteiger partial charge in [0.1, 0.15) is 6.29 Å². The second-order valence-electron chi connectivity index (χ2n) is 3.69. The summed E-state index contributed by atoms with van der Waals surface area (Å²) in [6.07, 6.45) is 8.43. The molecule has 1 nitrogen and oxygen atoms in total. The summed E-state index contributed by atoms with van der Waals surface area (Å²) in [4.78, 5) is 13.5. The highest BCUT2D eigenvalue weighted by Crippen LogP contribution is 2.26. The van der Waals surface area contributed by atoms with Crippen LogP contribution in [0.25, 0.3) is 0 Å². The van der Waals surface area contributed by atoms with Gasteiger partial charge in [0.2, 0.25) is 0 Å². The number of carbonyl (C=O) groups is 1. The lowest BCUT2D eigenvalue weighted by Gasteiger charge is -2.06. The van der Waals surface area contributed by atoms with Gasteiger partial charge in [-0.25, -0.2) is 0 Å². The zero-order valence-corrected chi connectivity index (χ0v) is 10.2. The van der Waals surface area contributed by atoms with Gasteiger partial charge < -0.3 is 4.79 Å². The lowest BCUT2D eigenvalue weighted by molar-refractivity contribution is -0.109. The van der Waals surface area contributed by atoms with Crippen LogP contribution in [0.3, 0.4) is 0 Å². The van der Waals surface area contributed by atoms with Crippen molar-refractivity contribution >= 4 is 17.6 Å². The normalized spacial score (nSPS) is 13.2. The third-order valence-corrected chi connectivity index (χ3v) is 3.55. The third-order valence-electron chi connectivity index (χ3n) is 2.41.